The third-order valence-electron chi connectivity index (χ3n) is 8.58. The lowest BCUT2D eigenvalue weighted by Crippen LogP contribution is -2.31. The molecule has 2 aliphatic carbocycles. The normalized spacial score (nSPS) is 32.8. The monoisotopic (exact) mass is 405 g/mol. The molecule has 2 aliphatic rings. The van der Waals surface area contributed by atoms with E-state index in [1.165, 1.54) is 55.1 Å². The van der Waals surface area contributed by atoms with Crippen molar-refractivity contribution in [3.8, 4) is 0 Å². The van der Waals surface area contributed by atoms with Gasteiger partial charge in [0.2, 0.25) is 0 Å². The van der Waals surface area contributed by atoms with Crippen LogP contribution in [0.5, 0.6) is 0 Å². The molecule has 1 aromatic carbocycles. The fraction of sp³-hybridized carbons (Fsp3) is 0.690. The van der Waals surface area contributed by atoms with E-state index in [9.17, 15) is 0 Å². The van der Waals surface area contributed by atoms with Gasteiger partial charge in [-0.3, -0.25) is 4.98 Å². The molecule has 2 fully saturated rings. The summed E-state index contributed by atoms with van der Waals surface area (Å²) in [5, 5.41) is 1.34. The maximum Gasteiger partial charge on any atom is 0.0705 e. The molecule has 1 heterocycles. The summed E-state index contributed by atoms with van der Waals surface area (Å²) in [5.41, 5.74) is 4.29. The van der Waals surface area contributed by atoms with E-state index in [0.29, 0.717) is 11.8 Å². The fourth-order valence-electron chi connectivity index (χ4n) is 6.82. The number of rotatable bonds is 4. The van der Waals surface area contributed by atoms with Gasteiger partial charge in [-0.1, -0.05) is 72.6 Å². The SMILES string of the molecule is CC1CCC(C(C)C)C(c2cc3ccccc3nc2C2CC(C)CCC2C(C)C)C1. The van der Waals surface area contributed by atoms with Gasteiger partial charge in [-0.15, -0.1) is 0 Å². The van der Waals surface area contributed by atoms with Crippen LogP contribution in [0.3, 0.4) is 0 Å². The van der Waals surface area contributed by atoms with E-state index in [1.807, 2.05) is 0 Å². The number of pyridine rings is 1. The molecule has 0 amide bonds. The lowest BCUT2D eigenvalue weighted by atomic mass is 9.63. The molecular weight excluding hydrogens is 362 g/mol. The third-order valence-corrected chi connectivity index (χ3v) is 8.58. The Morgan fingerprint density at radius 1 is 0.767 bits per heavy atom. The van der Waals surface area contributed by atoms with Crippen molar-refractivity contribution < 1.29 is 0 Å². The zero-order chi connectivity index (χ0) is 21.4. The van der Waals surface area contributed by atoms with E-state index in [-0.39, 0.29) is 0 Å². The van der Waals surface area contributed by atoms with Crippen molar-refractivity contribution in [3.05, 3.63) is 41.6 Å². The van der Waals surface area contributed by atoms with Gasteiger partial charge in [0, 0.05) is 17.0 Å². The predicted molar refractivity (Wildman–Crippen MR) is 130 cm³/mol. The largest absolute Gasteiger partial charge is 0.252 e. The molecule has 0 aliphatic heterocycles. The predicted octanol–water partition coefficient (Wildman–Crippen LogP) is 8.59. The molecule has 6 unspecified atom stereocenters. The van der Waals surface area contributed by atoms with Crippen molar-refractivity contribution in [1.29, 1.82) is 0 Å². The number of benzene rings is 1. The number of aromatic nitrogens is 1. The topological polar surface area (TPSA) is 12.9 Å². The molecule has 2 saturated carbocycles. The van der Waals surface area contributed by atoms with Crippen LogP contribution in [0.15, 0.2) is 30.3 Å². The highest BCUT2D eigenvalue weighted by atomic mass is 14.7. The smallest absolute Gasteiger partial charge is 0.0705 e. The van der Waals surface area contributed by atoms with E-state index in [4.69, 9.17) is 4.98 Å². The molecular formula is C29H43N. The molecule has 1 nitrogen and oxygen atoms in total. The average molecular weight is 406 g/mol. The summed E-state index contributed by atoms with van der Waals surface area (Å²) in [7, 11) is 0. The Labute approximate surface area is 185 Å². The van der Waals surface area contributed by atoms with Gasteiger partial charge in [-0.2, -0.15) is 0 Å². The van der Waals surface area contributed by atoms with E-state index >= 15 is 0 Å². The highest BCUT2D eigenvalue weighted by molar-refractivity contribution is 5.79. The summed E-state index contributed by atoms with van der Waals surface area (Å²) >= 11 is 0. The number of hydrogen-bond acceptors (Lipinski definition) is 1. The van der Waals surface area contributed by atoms with Gasteiger partial charge < -0.3 is 0 Å². The number of hydrogen-bond donors (Lipinski definition) is 0. The van der Waals surface area contributed by atoms with Gasteiger partial charge in [-0.25, -0.2) is 0 Å². The van der Waals surface area contributed by atoms with E-state index in [0.717, 1.165) is 35.5 Å². The van der Waals surface area contributed by atoms with Crippen molar-refractivity contribution in [1.82, 2.24) is 4.98 Å². The van der Waals surface area contributed by atoms with Crippen molar-refractivity contribution in [2.24, 2.45) is 35.5 Å². The zero-order valence-electron chi connectivity index (χ0n) is 20.2. The maximum atomic E-state index is 5.46. The summed E-state index contributed by atoms with van der Waals surface area (Å²) in [6, 6.07) is 11.4. The maximum absolute atomic E-state index is 5.46. The minimum Gasteiger partial charge on any atom is -0.252 e. The fourth-order valence-corrected chi connectivity index (χ4v) is 6.82. The second kappa shape index (κ2) is 9.01. The van der Waals surface area contributed by atoms with Crippen LogP contribution in [0.2, 0.25) is 0 Å². The van der Waals surface area contributed by atoms with Crippen LogP contribution in [0.1, 0.15) is 103 Å². The molecule has 0 saturated heterocycles. The molecule has 6 atom stereocenters. The second-order valence-corrected chi connectivity index (χ2v) is 11.5. The first kappa shape index (κ1) is 21.8. The van der Waals surface area contributed by atoms with Crippen LogP contribution >= 0.6 is 0 Å². The van der Waals surface area contributed by atoms with Crippen LogP contribution in [0.25, 0.3) is 10.9 Å². The highest BCUT2D eigenvalue weighted by Crippen LogP contribution is 2.50. The van der Waals surface area contributed by atoms with Crippen molar-refractivity contribution in [2.75, 3.05) is 0 Å². The molecule has 1 heteroatoms. The minimum absolute atomic E-state index is 0.624. The van der Waals surface area contributed by atoms with Crippen molar-refractivity contribution in [3.63, 3.8) is 0 Å². The van der Waals surface area contributed by atoms with Crippen molar-refractivity contribution in [2.45, 2.75) is 91.9 Å². The average Bonchev–Trinajstić information content (AvgIpc) is 2.72. The summed E-state index contributed by atoms with van der Waals surface area (Å²) in [5.74, 6) is 5.98. The van der Waals surface area contributed by atoms with E-state index in [1.54, 1.807) is 5.56 Å². The van der Waals surface area contributed by atoms with Crippen LogP contribution in [-0.2, 0) is 0 Å². The summed E-state index contributed by atoms with van der Waals surface area (Å²) < 4.78 is 0. The van der Waals surface area contributed by atoms with Crippen LogP contribution in [-0.4, -0.2) is 4.98 Å². The highest BCUT2D eigenvalue weighted by Gasteiger charge is 2.38. The first-order chi connectivity index (χ1) is 14.3. The molecule has 0 bridgehead atoms. The Morgan fingerprint density at radius 2 is 1.33 bits per heavy atom. The van der Waals surface area contributed by atoms with Gasteiger partial charge in [0.05, 0.1) is 5.52 Å². The van der Waals surface area contributed by atoms with Gasteiger partial charge in [0.15, 0.2) is 0 Å². The first-order valence-electron chi connectivity index (χ1n) is 12.7. The van der Waals surface area contributed by atoms with E-state index in [2.05, 4.69) is 71.9 Å². The Hall–Kier alpha value is -1.37. The first-order valence-corrected chi connectivity index (χ1v) is 12.7. The molecule has 1 aromatic heterocycles. The second-order valence-electron chi connectivity index (χ2n) is 11.5. The number of nitrogens with zero attached hydrogens (tertiary/aromatic N) is 1. The number of fused-ring (bicyclic) bond motifs is 1. The van der Waals surface area contributed by atoms with Gasteiger partial charge in [0.25, 0.3) is 0 Å². The standard InChI is InChI=1S/C29H43N/c1-18(2)23-13-11-20(5)15-25(23)27-17-22-9-7-8-10-28(22)30-29(27)26-16-21(6)12-14-24(26)19(3)4/h7-10,17-21,23-26H,11-16H2,1-6H3. The lowest BCUT2D eigenvalue weighted by Gasteiger charge is -2.42. The molecule has 0 spiro atoms. The number of para-hydroxylation sites is 1. The Kier molecular flexibility index (Phi) is 6.56. The van der Waals surface area contributed by atoms with E-state index < -0.39 is 0 Å². The molecule has 30 heavy (non-hydrogen) atoms. The molecule has 164 valence electrons. The van der Waals surface area contributed by atoms with Crippen molar-refractivity contribution >= 4 is 10.9 Å². The quantitative estimate of drug-likeness (QED) is 0.496. The molecule has 0 radical (unpaired) electrons. The van der Waals surface area contributed by atoms with Crippen LogP contribution < -0.4 is 0 Å². The molecule has 4 rings (SSSR count). The van der Waals surface area contributed by atoms with Gasteiger partial charge in [-0.05, 0) is 84.8 Å². The summed E-state index contributed by atoms with van der Waals surface area (Å²) in [6.07, 6.45) is 8.18. The van der Waals surface area contributed by atoms with Gasteiger partial charge >= 0.3 is 0 Å². The van der Waals surface area contributed by atoms with Crippen LogP contribution in [0, 0.1) is 35.5 Å². The summed E-state index contributed by atoms with van der Waals surface area (Å²) in [6.45, 7) is 14.7. The Balaban J connectivity index is 1.87. The third kappa shape index (κ3) is 4.32. The van der Waals surface area contributed by atoms with Crippen LogP contribution in [0.4, 0.5) is 0 Å². The molecule has 0 N–H and O–H groups in total. The zero-order valence-corrected chi connectivity index (χ0v) is 20.2. The lowest BCUT2D eigenvalue weighted by molar-refractivity contribution is 0.181. The minimum atomic E-state index is 0.624. The van der Waals surface area contributed by atoms with Gasteiger partial charge in [0.1, 0.15) is 0 Å². The Morgan fingerprint density at radius 3 is 1.97 bits per heavy atom. The molecule has 2 aromatic rings. The summed E-state index contributed by atoms with van der Waals surface area (Å²) in [4.78, 5) is 5.46. The Bertz CT molecular complexity index is 780.